The maximum absolute atomic E-state index is 12.6. The van der Waals surface area contributed by atoms with Crippen LogP contribution >= 0.6 is 0 Å². The number of nitrogen functional groups attached to an aromatic ring is 1. The van der Waals surface area contributed by atoms with Crippen LogP contribution in [0.1, 0.15) is 38.2 Å². The van der Waals surface area contributed by atoms with E-state index in [4.69, 9.17) is 5.73 Å². The predicted molar refractivity (Wildman–Crippen MR) is 87.2 cm³/mol. The van der Waals surface area contributed by atoms with Crippen LogP contribution in [0, 0.1) is 5.41 Å². The van der Waals surface area contributed by atoms with Gasteiger partial charge in [-0.1, -0.05) is 39.0 Å². The van der Waals surface area contributed by atoms with Gasteiger partial charge < -0.3 is 10.6 Å². The first-order valence-electron chi connectivity index (χ1n) is 7.14. The molecule has 1 amide bonds. The van der Waals surface area contributed by atoms with Crippen LogP contribution in [0.25, 0.3) is 10.9 Å². The topological polar surface area (TPSA) is 59.2 Å². The molecule has 0 spiro atoms. The van der Waals surface area contributed by atoms with Gasteiger partial charge in [0.05, 0.1) is 5.52 Å². The summed E-state index contributed by atoms with van der Waals surface area (Å²) in [6.07, 6.45) is 0. The average molecular weight is 285 g/mol. The smallest absolute Gasteiger partial charge is 0.272 e. The van der Waals surface area contributed by atoms with Crippen LogP contribution in [0.4, 0.5) is 5.69 Å². The highest BCUT2D eigenvalue weighted by molar-refractivity contribution is 5.99. The van der Waals surface area contributed by atoms with Gasteiger partial charge in [0.15, 0.2) is 0 Å². The number of hydrogen-bond acceptors (Lipinski definition) is 3. The lowest BCUT2D eigenvalue weighted by Gasteiger charge is -2.35. The number of para-hydroxylation sites is 1. The molecule has 4 nitrogen and oxygen atoms in total. The fraction of sp³-hybridized carbons (Fsp3) is 0.412. The molecule has 0 bridgehead atoms. The van der Waals surface area contributed by atoms with Crippen molar-refractivity contribution in [3.05, 3.63) is 36.0 Å². The number of nitrogens with two attached hydrogens (primary N) is 1. The van der Waals surface area contributed by atoms with Gasteiger partial charge in [0.25, 0.3) is 5.91 Å². The van der Waals surface area contributed by atoms with Gasteiger partial charge in [-0.05, 0) is 24.5 Å². The number of carbonyl (C=O) groups is 1. The van der Waals surface area contributed by atoms with Gasteiger partial charge in [-0.25, -0.2) is 4.98 Å². The van der Waals surface area contributed by atoms with Gasteiger partial charge in [0, 0.05) is 24.2 Å². The Hall–Kier alpha value is -2.10. The molecule has 1 atom stereocenters. The zero-order chi connectivity index (χ0) is 15.8. The molecule has 1 heterocycles. The molecule has 0 saturated heterocycles. The second kappa shape index (κ2) is 5.35. The molecular weight excluding hydrogens is 262 g/mol. The van der Waals surface area contributed by atoms with Crippen LogP contribution < -0.4 is 5.73 Å². The summed E-state index contributed by atoms with van der Waals surface area (Å²) in [4.78, 5) is 18.8. The van der Waals surface area contributed by atoms with E-state index in [-0.39, 0.29) is 17.4 Å². The van der Waals surface area contributed by atoms with Crippen LogP contribution in [0.15, 0.2) is 30.3 Å². The SMILES string of the molecule is CC(N(C)C(=O)c1cc(N)c2ccccc2n1)C(C)(C)C. The van der Waals surface area contributed by atoms with Gasteiger partial charge in [-0.3, -0.25) is 4.79 Å². The molecular formula is C17H23N3O. The molecule has 112 valence electrons. The van der Waals surface area contributed by atoms with Gasteiger partial charge in [-0.15, -0.1) is 0 Å². The van der Waals surface area contributed by atoms with E-state index in [1.165, 1.54) is 0 Å². The Bertz CT molecular complexity index is 673. The third-order valence-corrected chi connectivity index (χ3v) is 4.12. The Morgan fingerprint density at radius 1 is 1.29 bits per heavy atom. The summed E-state index contributed by atoms with van der Waals surface area (Å²) in [6.45, 7) is 8.39. The van der Waals surface area contributed by atoms with Gasteiger partial charge >= 0.3 is 0 Å². The van der Waals surface area contributed by atoms with Crippen LogP contribution in [0.2, 0.25) is 0 Å². The van der Waals surface area contributed by atoms with Crippen LogP contribution in [0.3, 0.4) is 0 Å². The summed E-state index contributed by atoms with van der Waals surface area (Å²) in [5, 5.41) is 0.876. The zero-order valence-electron chi connectivity index (χ0n) is 13.3. The number of amides is 1. The first-order valence-corrected chi connectivity index (χ1v) is 7.14. The highest BCUT2D eigenvalue weighted by atomic mass is 16.2. The quantitative estimate of drug-likeness (QED) is 0.920. The standard InChI is InChI=1S/C17H23N3O/c1-11(17(2,3)4)20(5)16(21)15-10-13(18)12-8-6-7-9-14(12)19-15/h6-11H,1-5H3,(H2,18,19). The monoisotopic (exact) mass is 285 g/mol. The number of pyridine rings is 1. The first kappa shape index (κ1) is 15.3. The van der Waals surface area contributed by atoms with E-state index in [0.29, 0.717) is 11.4 Å². The molecule has 21 heavy (non-hydrogen) atoms. The second-order valence-corrected chi connectivity index (χ2v) is 6.57. The summed E-state index contributed by atoms with van der Waals surface area (Å²) < 4.78 is 0. The molecule has 1 aromatic carbocycles. The van der Waals surface area contributed by atoms with E-state index < -0.39 is 0 Å². The number of hydrogen-bond donors (Lipinski definition) is 1. The molecule has 2 aromatic rings. The normalized spacial score (nSPS) is 13.2. The van der Waals surface area contributed by atoms with Crippen LogP contribution in [-0.2, 0) is 0 Å². The van der Waals surface area contributed by atoms with Gasteiger partial charge in [0.2, 0.25) is 0 Å². The van der Waals surface area contributed by atoms with Gasteiger partial charge in [0.1, 0.15) is 5.69 Å². The fourth-order valence-electron chi connectivity index (χ4n) is 2.25. The maximum Gasteiger partial charge on any atom is 0.272 e. The largest absolute Gasteiger partial charge is 0.398 e. The Labute approximate surface area is 126 Å². The molecule has 0 fully saturated rings. The van der Waals surface area contributed by atoms with Crippen molar-refractivity contribution < 1.29 is 4.79 Å². The molecule has 2 N–H and O–H groups in total. The lowest BCUT2D eigenvalue weighted by molar-refractivity contribution is 0.0624. The minimum Gasteiger partial charge on any atom is -0.398 e. The van der Waals surface area contributed by atoms with Crippen molar-refractivity contribution in [2.45, 2.75) is 33.7 Å². The summed E-state index contributed by atoms with van der Waals surface area (Å²) in [6, 6.07) is 9.35. The summed E-state index contributed by atoms with van der Waals surface area (Å²) in [7, 11) is 1.81. The molecule has 0 radical (unpaired) electrons. The lowest BCUT2D eigenvalue weighted by atomic mass is 9.87. The Kier molecular flexibility index (Phi) is 3.90. The third-order valence-electron chi connectivity index (χ3n) is 4.12. The second-order valence-electron chi connectivity index (χ2n) is 6.57. The number of benzene rings is 1. The van der Waals surface area contributed by atoms with E-state index in [0.717, 1.165) is 10.9 Å². The number of aromatic nitrogens is 1. The van der Waals surface area contributed by atoms with Crippen molar-refractivity contribution in [3.8, 4) is 0 Å². The third kappa shape index (κ3) is 2.99. The number of anilines is 1. The zero-order valence-corrected chi connectivity index (χ0v) is 13.3. The lowest BCUT2D eigenvalue weighted by Crippen LogP contribution is -2.43. The molecule has 4 heteroatoms. The minimum absolute atomic E-state index is 0.00675. The molecule has 0 aliphatic heterocycles. The molecule has 1 aromatic heterocycles. The van der Waals surface area contributed by atoms with Crippen molar-refractivity contribution in [3.63, 3.8) is 0 Å². The fourth-order valence-corrected chi connectivity index (χ4v) is 2.25. The molecule has 0 saturated carbocycles. The molecule has 0 aliphatic rings. The number of nitrogens with zero attached hydrogens (tertiary/aromatic N) is 2. The van der Waals surface area contributed by atoms with Crippen molar-refractivity contribution in [2.75, 3.05) is 12.8 Å². The van der Waals surface area contributed by atoms with Gasteiger partial charge in [-0.2, -0.15) is 0 Å². The first-order chi connectivity index (χ1) is 9.71. The molecule has 1 unspecified atom stereocenters. The Morgan fingerprint density at radius 3 is 2.52 bits per heavy atom. The Morgan fingerprint density at radius 2 is 1.90 bits per heavy atom. The van der Waals surface area contributed by atoms with Crippen molar-refractivity contribution in [2.24, 2.45) is 5.41 Å². The number of rotatable bonds is 2. The maximum atomic E-state index is 12.6. The van der Waals surface area contributed by atoms with Crippen molar-refractivity contribution >= 4 is 22.5 Å². The highest BCUT2D eigenvalue weighted by Crippen LogP contribution is 2.25. The van der Waals surface area contributed by atoms with E-state index in [1.54, 1.807) is 11.0 Å². The minimum atomic E-state index is -0.102. The predicted octanol–water partition coefficient (Wildman–Crippen LogP) is 3.32. The summed E-state index contributed by atoms with van der Waals surface area (Å²) >= 11 is 0. The van der Waals surface area contributed by atoms with Crippen LogP contribution in [0.5, 0.6) is 0 Å². The molecule has 2 rings (SSSR count). The average Bonchev–Trinajstić information content (AvgIpc) is 2.44. The Balaban J connectivity index is 2.40. The van der Waals surface area contributed by atoms with E-state index in [9.17, 15) is 4.79 Å². The van der Waals surface area contributed by atoms with E-state index in [2.05, 4.69) is 25.8 Å². The number of carbonyl (C=O) groups excluding carboxylic acids is 1. The summed E-state index contributed by atoms with van der Waals surface area (Å²) in [5.74, 6) is -0.102. The van der Waals surface area contributed by atoms with Crippen molar-refractivity contribution in [1.29, 1.82) is 0 Å². The van der Waals surface area contributed by atoms with E-state index >= 15 is 0 Å². The summed E-state index contributed by atoms with van der Waals surface area (Å²) in [5.41, 5.74) is 7.78. The molecule has 0 aliphatic carbocycles. The van der Waals surface area contributed by atoms with Crippen molar-refractivity contribution in [1.82, 2.24) is 9.88 Å². The van der Waals surface area contributed by atoms with E-state index in [1.807, 2.05) is 38.2 Å². The highest BCUT2D eigenvalue weighted by Gasteiger charge is 2.28. The van der Waals surface area contributed by atoms with Crippen LogP contribution in [-0.4, -0.2) is 28.9 Å². The number of fused-ring (bicyclic) bond motifs is 1.